The molecule has 0 aliphatic rings. The second kappa shape index (κ2) is 5.67. The van der Waals surface area contributed by atoms with E-state index in [1.54, 1.807) is 0 Å². The summed E-state index contributed by atoms with van der Waals surface area (Å²) in [6.07, 6.45) is 3.63. The van der Waals surface area contributed by atoms with E-state index in [0.29, 0.717) is 0 Å². The summed E-state index contributed by atoms with van der Waals surface area (Å²) in [5.74, 6) is 1.59. The van der Waals surface area contributed by atoms with Gasteiger partial charge in [0, 0.05) is 19.0 Å². The highest BCUT2D eigenvalue weighted by molar-refractivity contribution is 14.1. The second-order valence-corrected chi connectivity index (χ2v) is 6.70. The molecule has 0 atom stereocenters. The van der Waals surface area contributed by atoms with Crippen molar-refractivity contribution in [1.29, 1.82) is 0 Å². The quantitative estimate of drug-likeness (QED) is 0.824. The lowest BCUT2D eigenvalue weighted by atomic mass is 9.92. The van der Waals surface area contributed by atoms with Crippen LogP contribution in [0.5, 0.6) is 0 Å². The van der Waals surface area contributed by atoms with Gasteiger partial charge in [0.1, 0.15) is 11.5 Å². The lowest BCUT2D eigenvalue weighted by Gasteiger charge is -2.21. The minimum Gasteiger partial charge on any atom is -0.372 e. The molecule has 0 aliphatic carbocycles. The Morgan fingerprint density at radius 3 is 2.55 bits per heavy atom. The number of anilines is 1. The Bertz CT molecular complexity index is 613. The first-order valence-electron chi connectivity index (χ1n) is 6.64. The summed E-state index contributed by atoms with van der Waals surface area (Å²) >= 11 is 2.31. The van der Waals surface area contributed by atoms with Gasteiger partial charge in [-0.25, -0.2) is 15.0 Å². The van der Waals surface area contributed by atoms with Crippen LogP contribution < -0.4 is 5.32 Å². The zero-order valence-corrected chi connectivity index (χ0v) is 14.7. The van der Waals surface area contributed by atoms with Crippen molar-refractivity contribution in [2.45, 2.75) is 39.7 Å². The second-order valence-electron chi connectivity index (χ2n) is 5.62. The summed E-state index contributed by atoms with van der Waals surface area (Å²) in [4.78, 5) is 13.6. The molecule has 1 N–H and O–H groups in total. The zero-order chi connectivity index (χ0) is 14.9. The molecule has 2 aromatic heterocycles. The number of halogens is 1. The molecular weight excluding hydrogens is 365 g/mol. The van der Waals surface area contributed by atoms with E-state index in [1.807, 2.05) is 24.1 Å². The number of aryl methyl sites for hydroxylation is 1. The molecule has 0 saturated carbocycles. The van der Waals surface area contributed by atoms with E-state index in [0.717, 1.165) is 33.1 Å². The fraction of sp³-hybridized carbons (Fsp3) is 0.500. The number of aromatic nitrogens is 4. The summed E-state index contributed by atoms with van der Waals surface area (Å²) in [5.41, 5.74) is 1.97. The van der Waals surface area contributed by atoms with Gasteiger partial charge < -0.3 is 9.88 Å². The Morgan fingerprint density at radius 2 is 2.00 bits per heavy atom. The van der Waals surface area contributed by atoms with E-state index in [-0.39, 0.29) is 5.41 Å². The highest BCUT2D eigenvalue weighted by Gasteiger charge is 2.24. The van der Waals surface area contributed by atoms with Crippen molar-refractivity contribution in [1.82, 2.24) is 19.5 Å². The molecule has 6 heteroatoms. The third kappa shape index (κ3) is 2.79. The van der Waals surface area contributed by atoms with Crippen molar-refractivity contribution in [2.24, 2.45) is 0 Å². The molecule has 0 fully saturated rings. The number of nitrogens with one attached hydrogen (secondary N) is 1. The lowest BCUT2D eigenvalue weighted by molar-refractivity contribution is 0.563. The van der Waals surface area contributed by atoms with Crippen LogP contribution in [0.2, 0.25) is 0 Å². The maximum atomic E-state index is 4.78. The van der Waals surface area contributed by atoms with Crippen LogP contribution in [-0.4, -0.2) is 26.6 Å². The minimum atomic E-state index is -0.0309. The third-order valence-electron chi connectivity index (χ3n) is 3.08. The van der Waals surface area contributed by atoms with Crippen molar-refractivity contribution in [3.8, 4) is 11.5 Å². The Morgan fingerprint density at radius 1 is 1.30 bits per heavy atom. The maximum absolute atomic E-state index is 4.78. The molecule has 0 radical (unpaired) electrons. The first-order chi connectivity index (χ1) is 9.38. The normalized spacial score (nSPS) is 11.7. The van der Waals surface area contributed by atoms with E-state index >= 15 is 0 Å². The molecule has 2 rings (SSSR count). The van der Waals surface area contributed by atoms with Gasteiger partial charge in [0.15, 0.2) is 5.82 Å². The van der Waals surface area contributed by atoms with Crippen LogP contribution in [-0.2, 0) is 12.0 Å². The van der Waals surface area contributed by atoms with Gasteiger partial charge in [-0.05, 0) is 29.5 Å². The van der Waals surface area contributed by atoms with E-state index < -0.39 is 0 Å². The smallest absolute Gasteiger partial charge is 0.180 e. The zero-order valence-electron chi connectivity index (χ0n) is 12.5. The van der Waals surface area contributed by atoms with Gasteiger partial charge in [-0.15, -0.1) is 0 Å². The van der Waals surface area contributed by atoms with Gasteiger partial charge in [-0.1, -0.05) is 20.8 Å². The van der Waals surface area contributed by atoms with Crippen molar-refractivity contribution in [3.05, 3.63) is 21.8 Å². The average molecular weight is 385 g/mol. The van der Waals surface area contributed by atoms with Crippen LogP contribution >= 0.6 is 22.6 Å². The van der Waals surface area contributed by atoms with Crippen LogP contribution in [0.1, 0.15) is 33.4 Å². The Labute approximate surface area is 133 Å². The highest BCUT2D eigenvalue weighted by atomic mass is 127. The molecule has 108 valence electrons. The predicted molar refractivity (Wildman–Crippen MR) is 89.9 cm³/mol. The topological polar surface area (TPSA) is 55.6 Å². The molecule has 2 heterocycles. The Hall–Kier alpha value is -1.18. The predicted octanol–water partition coefficient (Wildman–Crippen LogP) is 3.30. The fourth-order valence-corrected chi connectivity index (χ4v) is 3.30. The molecule has 0 aliphatic heterocycles. The largest absolute Gasteiger partial charge is 0.372 e. The molecule has 2 aromatic rings. The van der Waals surface area contributed by atoms with Gasteiger partial charge >= 0.3 is 0 Å². The van der Waals surface area contributed by atoms with E-state index in [9.17, 15) is 0 Å². The van der Waals surface area contributed by atoms with Crippen molar-refractivity contribution in [2.75, 3.05) is 12.4 Å². The number of imidazole rings is 1. The number of hydrogen-bond donors (Lipinski definition) is 1. The SMILES string of the molecule is CCn1cncc1-c1nc(NC)c(I)c(C(C)(C)C)n1. The van der Waals surface area contributed by atoms with E-state index in [4.69, 9.17) is 4.98 Å². The van der Waals surface area contributed by atoms with Crippen LogP contribution in [0.15, 0.2) is 12.5 Å². The number of rotatable bonds is 3. The lowest BCUT2D eigenvalue weighted by Crippen LogP contribution is -2.18. The van der Waals surface area contributed by atoms with Crippen LogP contribution in [0.3, 0.4) is 0 Å². The molecule has 5 nitrogen and oxygen atoms in total. The van der Waals surface area contributed by atoms with Crippen LogP contribution in [0, 0.1) is 3.57 Å². The highest BCUT2D eigenvalue weighted by Crippen LogP contribution is 2.31. The molecule has 0 aromatic carbocycles. The molecular formula is C14H20IN5. The molecule has 20 heavy (non-hydrogen) atoms. The third-order valence-corrected chi connectivity index (χ3v) is 4.10. The number of hydrogen-bond acceptors (Lipinski definition) is 4. The first-order valence-corrected chi connectivity index (χ1v) is 7.72. The molecule has 0 unspecified atom stereocenters. The molecule has 0 saturated heterocycles. The van der Waals surface area contributed by atoms with Gasteiger partial charge in [-0.2, -0.15) is 0 Å². The van der Waals surface area contributed by atoms with Crippen molar-refractivity contribution in [3.63, 3.8) is 0 Å². The summed E-state index contributed by atoms with van der Waals surface area (Å²) in [6, 6.07) is 0. The Kier molecular flexibility index (Phi) is 4.31. The van der Waals surface area contributed by atoms with Crippen molar-refractivity contribution < 1.29 is 0 Å². The molecule has 0 bridgehead atoms. The Balaban J connectivity index is 2.66. The summed E-state index contributed by atoms with van der Waals surface area (Å²) < 4.78 is 3.12. The average Bonchev–Trinajstić information content (AvgIpc) is 2.86. The van der Waals surface area contributed by atoms with Gasteiger partial charge in [0.05, 0.1) is 21.8 Å². The number of nitrogens with zero attached hydrogens (tertiary/aromatic N) is 4. The monoisotopic (exact) mass is 385 g/mol. The van der Waals surface area contributed by atoms with E-state index in [1.165, 1.54) is 0 Å². The van der Waals surface area contributed by atoms with Crippen LogP contribution in [0.4, 0.5) is 5.82 Å². The van der Waals surface area contributed by atoms with E-state index in [2.05, 4.69) is 65.6 Å². The summed E-state index contributed by atoms with van der Waals surface area (Å²) in [7, 11) is 1.89. The fourth-order valence-electron chi connectivity index (χ4n) is 1.98. The van der Waals surface area contributed by atoms with Gasteiger partial charge in [0.25, 0.3) is 0 Å². The minimum absolute atomic E-state index is 0.0309. The first kappa shape index (κ1) is 15.2. The molecule has 0 spiro atoms. The standard InChI is InChI=1S/C14H20IN5/c1-6-20-8-17-7-9(20)12-18-11(14(2,3)4)10(15)13(16-5)19-12/h7-8H,6H2,1-5H3,(H,16,18,19). The van der Waals surface area contributed by atoms with Crippen molar-refractivity contribution >= 4 is 28.4 Å². The van der Waals surface area contributed by atoms with Crippen LogP contribution in [0.25, 0.3) is 11.5 Å². The molecule has 0 amide bonds. The maximum Gasteiger partial charge on any atom is 0.180 e. The van der Waals surface area contributed by atoms with Gasteiger partial charge in [-0.3, -0.25) is 0 Å². The summed E-state index contributed by atoms with van der Waals surface area (Å²) in [5, 5.41) is 3.16. The summed E-state index contributed by atoms with van der Waals surface area (Å²) in [6.45, 7) is 9.43. The van der Waals surface area contributed by atoms with Gasteiger partial charge in [0.2, 0.25) is 0 Å².